The number of hydrogen-bond acceptors (Lipinski definition) is 3. The summed E-state index contributed by atoms with van der Waals surface area (Å²) in [5.74, 6) is -3.73. The zero-order valence-electron chi connectivity index (χ0n) is 10.5. The van der Waals surface area contributed by atoms with E-state index in [1.807, 2.05) is 0 Å². The predicted molar refractivity (Wildman–Crippen MR) is 62.9 cm³/mol. The highest BCUT2D eigenvalue weighted by Crippen LogP contribution is 2.18. The number of nitrogens with zero attached hydrogens (tertiary/aromatic N) is 2. The molecule has 0 aliphatic rings. The number of aryl methyl sites for hydroxylation is 1. The predicted octanol–water partition coefficient (Wildman–Crippen LogP) is 1.44. The van der Waals surface area contributed by atoms with Crippen molar-refractivity contribution < 1.29 is 32.3 Å². The van der Waals surface area contributed by atoms with Crippen molar-refractivity contribution >= 4 is 22.8 Å². The Morgan fingerprint density at radius 2 is 1.86 bits per heavy atom. The maximum absolute atomic E-state index is 12.9. The van der Waals surface area contributed by atoms with Crippen LogP contribution in [0, 0.1) is 5.82 Å². The first-order valence-electron chi connectivity index (χ1n) is 5.26. The highest BCUT2D eigenvalue weighted by Gasteiger charge is 2.38. The van der Waals surface area contributed by atoms with Crippen molar-refractivity contribution in [1.29, 1.82) is 0 Å². The average molecular weight is 307 g/mol. The molecule has 0 atom stereocenters. The number of aromatic nitrogens is 2. The van der Waals surface area contributed by atoms with Crippen LogP contribution < -0.4 is 5.73 Å². The van der Waals surface area contributed by atoms with Gasteiger partial charge < -0.3 is 10.8 Å². The molecule has 0 radical (unpaired) electrons. The standard InChI is InChI=1S/C9H8FN3O.C2HF3O2/c1-13-7-4-5(10)2-3-6(7)8(12-13)9(11)14;3-2(4,5)1(6)7/h2-4H,1H3,(H2,11,14);(H,6,7). The van der Waals surface area contributed by atoms with Gasteiger partial charge in [-0.15, -0.1) is 0 Å². The molecular formula is C11H9F4N3O3. The molecule has 0 saturated heterocycles. The number of carboxylic acid groups (broad SMARTS) is 1. The van der Waals surface area contributed by atoms with Crippen LogP contribution in [0.25, 0.3) is 10.9 Å². The molecule has 1 heterocycles. The second-order valence-corrected chi connectivity index (χ2v) is 3.80. The highest BCUT2D eigenvalue weighted by atomic mass is 19.4. The van der Waals surface area contributed by atoms with Crippen LogP contribution in [0.15, 0.2) is 18.2 Å². The number of primary amides is 1. The monoisotopic (exact) mass is 307 g/mol. The number of carboxylic acids is 1. The lowest BCUT2D eigenvalue weighted by Crippen LogP contribution is -2.21. The topological polar surface area (TPSA) is 98.2 Å². The summed E-state index contributed by atoms with van der Waals surface area (Å²) in [6.07, 6.45) is -5.08. The van der Waals surface area contributed by atoms with E-state index in [9.17, 15) is 22.4 Å². The van der Waals surface area contributed by atoms with Crippen LogP contribution in [-0.2, 0) is 11.8 Å². The molecular weight excluding hydrogens is 298 g/mol. The normalized spacial score (nSPS) is 10.9. The molecule has 21 heavy (non-hydrogen) atoms. The van der Waals surface area contributed by atoms with Gasteiger partial charge in [-0.1, -0.05) is 0 Å². The Labute approximate surface area is 114 Å². The average Bonchev–Trinajstić information content (AvgIpc) is 2.66. The zero-order valence-corrected chi connectivity index (χ0v) is 10.5. The van der Waals surface area contributed by atoms with Crippen LogP contribution in [0.1, 0.15) is 10.5 Å². The van der Waals surface area contributed by atoms with Crippen molar-refractivity contribution in [3.8, 4) is 0 Å². The molecule has 1 aromatic heterocycles. The maximum atomic E-state index is 12.9. The zero-order chi connectivity index (χ0) is 16.4. The van der Waals surface area contributed by atoms with Gasteiger partial charge in [-0.05, 0) is 18.2 Å². The first-order chi connectivity index (χ1) is 9.54. The van der Waals surface area contributed by atoms with Gasteiger partial charge in [0, 0.05) is 12.4 Å². The first-order valence-corrected chi connectivity index (χ1v) is 5.26. The Bertz CT molecular complexity index is 694. The summed E-state index contributed by atoms with van der Waals surface area (Å²) < 4.78 is 46.0. The molecule has 0 fully saturated rings. The number of hydrogen-bond donors (Lipinski definition) is 2. The van der Waals surface area contributed by atoms with Crippen LogP contribution >= 0.6 is 0 Å². The molecule has 0 bridgehead atoms. The lowest BCUT2D eigenvalue weighted by atomic mass is 10.2. The summed E-state index contributed by atoms with van der Waals surface area (Å²) in [6, 6.07) is 4.09. The summed E-state index contributed by atoms with van der Waals surface area (Å²) in [4.78, 5) is 19.9. The number of benzene rings is 1. The molecule has 0 aliphatic heterocycles. The molecule has 3 N–H and O–H groups in total. The highest BCUT2D eigenvalue weighted by molar-refractivity contribution is 6.04. The van der Waals surface area contributed by atoms with E-state index in [4.69, 9.17) is 15.6 Å². The van der Waals surface area contributed by atoms with Crippen LogP contribution in [-0.4, -0.2) is 32.9 Å². The van der Waals surface area contributed by atoms with Gasteiger partial charge in [0.25, 0.3) is 5.91 Å². The summed E-state index contributed by atoms with van der Waals surface area (Å²) in [5.41, 5.74) is 5.85. The number of amides is 1. The molecule has 2 rings (SSSR count). The summed E-state index contributed by atoms with van der Waals surface area (Å²) >= 11 is 0. The molecule has 0 aliphatic carbocycles. The van der Waals surface area contributed by atoms with Gasteiger partial charge in [0.15, 0.2) is 5.69 Å². The molecule has 1 aromatic carbocycles. The van der Waals surface area contributed by atoms with Crippen molar-refractivity contribution in [3.63, 3.8) is 0 Å². The van der Waals surface area contributed by atoms with Crippen molar-refractivity contribution in [2.75, 3.05) is 0 Å². The van der Waals surface area contributed by atoms with Crippen molar-refractivity contribution in [3.05, 3.63) is 29.7 Å². The van der Waals surface area contributed by atoms with E-state index in [2.05, 4.69) is 5.10 Å². The van der Waals surface area contributed by atoms with E-state index in [1.54, 1.807) is 7.05 Å². The minimum absolute atomic E-state index is 0.169. The number of nitrogens with two attached hydrogens (primary N) is 1. The minimum atomic E-state index is -5.08. The molecule has 6 nitrogen and oxygen atoms in total. The Hall–Kier alpha value is -2.65. The van der Waals surface area contributed by atoms with E-state index in [1.165, 1.54) is 22.9 Å². The van der Waals surface area contributed by atoms with Crippen LogP contribution in [0.3, 0.4) is 0 Å². The van der Waals surface area contributed by atoms with Crippen molar-refractivity contribution in [1.82, 2.24) is 9.78 Å². The van der Waals surface area contributed by atoms with Gasteiger partial charge in [-0.2, -0.15) is 18.3 Å². The van der Waals surface area contributed by atoms with Gasteiger partial charge in [-0.3, -0.25) is 9.48 Å². The van der Waals surface area contributed by atoms with E-state index in [0.29, 0.717) is 10.9 Å². The molecule has 1 amide bonds. The van der Waals surface area contributed by atoms with Gasteiger partial charge >= 0.3 is 12.1 Å². The first kappa shape index (κ1) is 16.4. The number of rotatable bonds is 1. The lowest BCUT2D eigenvalue weighted by molar-refractivity contribution is -0.192. The van der Waals surface area contributed by atoms with Crippen LogP contribution in [0.4, 0.5) is 17.6 Å². The van der Waals surface area contributed by atoms with E-state index in [0.717, 1.165) is 0 Å². The van der Waals surface area contributed by atoms with Crippen LogP contribution in [0.2, 0.25) is 0 Å². The van der Waals surface area contributed by atoms with Crippen molar-refractivity contribution in [2.45, 2.75) is 6.18 Å². The molecule has 0 saturated carbocycles. The molecule has 0 unspecified atom stereocenters. The smallest absolute Gasteiger partial charge is 0.475 e. The fraction of sp³-hybridized carbons (Fsp3) is 0.182. The third-order valence-electron chi connectivity index (χ3n) is 2.29. The van der Waals surface area contributed by atoms with Gasteiger partial charge in [0.1, 0.15) is 5.82 Å². The number of halogens is 4. The van der Waals surface area contributed by atoms with E-state index < -0.39 is 18.1 Å². The SMILES string of the molecule is Cn1nc(C(N)=O)c2ccc(F)cc21.O=C(O)C(F)(F)F. The number of aliphatic carboxylic acids is 1. The third-order valence-corrected chi connectivity index (χ3v) is 2.29. The Balaban J connectivity index is 0.000000270. The van der Waals surface area contributed by atoms with Crippen LogP contribution in [0.5, 0.6) is 0 Å². The van der Waals surface area contributed by atoms with E-state index in [-0.39, 0.29) is 11.5 Å². The summed E-state index contributed by atoms with van der Waals surface area (Å²) in [7, 11) is 1.63. The number of carbonyl (C=O) groups is 2. The van der Waals surface area contributed by atoms with E-state index >= 15 is 0 Å². The molecule has 10 heteroatoms. The van der Waals surface area contributed by atoms with Gasteiger partial charge in [0.2, 0.25) is 0 Å². The summed E-state index contributed by atoms with van der Waals surface area (Å²) in [5, 5.41) is 11.6. The molecule has 2 aromatic rings. The quantitative estimate of drug-likeness (QED) is 0.779. The fourth-order valence-corrected chi connectivity index (χ4v) is 1.41. The van der Waals surface area contributed by atoms with Gasteiger partial charge in [-0.25, -0.2) is 9.18 Å². The minimum Gasteiger partial charge on any atom is -0.475 e. The maximum Gasteiger partial charge on any atom is 0.490 e. The Morgan fingerprint density at radius 1 is 1.33 bits per heavy atom. The fourth-order valence-electron chi connectivity index (χ4n) is 1.41. The molecule has 114 valence electrons. The number of alkyl halides is 3. The second kappa shape index (κ2) is 5.77. The molecule has 0 spiro atoms. The summed E-state index contributed by atoms with van der Waals surface area (Å²) in [6.45, 7) is 0. The third kappa shape index (κ3) is 3.91. The van der Waals surface area contributed by atoms with Gasteiger partial charge in [0.05, 0.1) is 5.52 Å². The largest absolute Gasteiger partial charge is 0.490 e. The number of carbonyl (C=O) groups excluding carboxylic acids is 1. The number of fused-ring (bicyclic) bond motifs is 1. The Morgan fingerprint density at radius 3 is 2.29 bits per heavy atom. The second-order valence-electron chi connectivity index (χ2n) is 3.80. The van der Waals surface area contributed by atoms with Crippen molar-refractivity contribution in [2.24, 2.45) is 12.8 Å². The lowest BCUT2D eigenvalue weighted by Gasteiger charge is -1.93. The Kier molecular flexibility index (Phi) is 4.51.